The number of aromatic nitrogens is 4. The molecule has 2 heterocycles. The van der Waals surface area contributed by atoms with Crippen LogP contribution in [0.15, 0.2) is 55.0 Å². The molecule has 0 bridgehead atoms. The molecular weight excluding hydrogens is 319 g/mol. The van der Waals surface area contributed by atoms with Gasteiger partial charge in [0.2, 0.25) is 5.95 Å². The van der Waals surface area contributed by atoms with E-state index in [1.165, 1.54) is 0 Å². The van der Waals surface area contributed by atoms with Crippen molar-refractivity contribution in [3.63, 3.8) is 0 Å². The van der Waals surface area contributed by atoms with Crippen LogP contribution in [0.5, 0.6) is 0 Å². The van der Waals surface area contributed by atoms with E-state index in [2.05, 4.69) is 20.3 Å². The molecule has 124 valence electrons. The molecule has 0 saturated carbocycles. The molecule has 2 aromatic heterocycles. The average Bonchev–Trinajstić information content (AvgIpc) is 3.00. The van der Waals surface area contributed by atoms with Crippen molar-refractivity contribution < 1.29 is 13.2 Å². The Balaban J connectivity index is 1.69. The van der Waals surface area contributed by atoms with Crippen molar-refractivity contribution in [2.75, 3.05) is 5.32 Å². The first-order valence-electron chi connectivity index (χ1n) is 7.20. The maximum atomic E-state index is 12.7. The summed E-state index contributed by atoms with van der Waals surface area (Å²) in [5.74, 6) is 0.596. The lowest BCUT2D eigenvalue weighted by atomic mass is 10.2. The van der Waals surface area contributed by atoms with E-state index < -0.39 is 11.9 Å². The van der Waals surface area contributed by atoms with E-state index in [1.54, 1.807) is 6.20 Å². The van der Waals surface area contributed by atoms with Crippen LogP contribution in [0.3, 0.4) is 0 Å². The summed E-state index contributed by atoms with van der Waals surface area (Å²) in [4.78, 5) is 11.5. The normalized spacial score (nSPS) is 11.5. The summed E-state index contributed by atoms with van der Waals surface area (Å²) >= 11 is 0. The molecule has 0 saturated heterocycles. The maximum Gasteiger partial charge on any atom is 0.433 e. The summed E-state index contributed by atoms with van der Waals surface area (Å²) in [5, 5.41) is 2.78. The zero-order chi connectivity index (χ0) is 17.0. The molecular formula is C16H14F3N5. The third kappa shape index (κ3) is 3.89. The number of rotatable bonds is 5. The Morgan fingerprint density at radius 1 is 1.00 bits per heavy atom. The Morgan fingerprint density at radius 3 is 2.54 bits per heavy atom. The minimum Gasteiger partial charge on any atom is -0.347 e. The van der Waals surface area contributed by atoms with Crippen LogP contribution in [0.2, 0.25) is 0 Å². The van der Waals surface area contributed by atoms with Gasteiger partial charge in [0, 0.05) is 25.1 Å². The van der Waals surface area contributed by atoms with Crippen LogP contribution < -0.4 is 5.32 Å². The highest BCUT2D eigenvalue weighted by Gasteiger charge is 2.32. The number of hydrogen-bond acceptors (Lipinski definition) is 4. The van der Waals surface area contributed by atoms with Gasteiger partial charge in [0.15, 0.2) is 0 Å². The molecule has 0 radical (unpaired) electrons. The maximum absolute atomic E-state index is 12.7. The van der Waals surface area contributed by atoms with Gasteiger partial charge in [0.05, 0.1) is 6.54 Å². The van der Waals surface area contributed by atoms with Gasteiger partial charge in [-0.25, -0.2) is 15.0 Å². The summed E-state index contributed by atoms with van der Waals surface area (Å²) in [6.45, 7) is 0.850. The van der Waals surface area contributed by atoms with Gasteiger partial charge in [0.25, 0.3) is 0 Å². The van der Waals surface area contributed by atoms with Crippen LogP contribution >= 0.6 is 0 Å². The van der Waals surface area contributed by atoms with Gasteiger partial charge in [-0.3, -0.25) is 0 Å². The van der Waals surface area contributed by atoms with E-state index in [9.17, 15) is 13.2 Å². The molecule has 1 N–H and O–H groups in total. The zero-order valence-corrected chi connectivity index (χ0v) is 12.5. The third-order valence-electron chi connectivity index (χ3n) is 3.35. The van der Waals surface area contributed by atoms with Gasteiger partial charge in [-0.05, 0) is 11.6 Å². The van der Waals surface area contributed by atoms with Crippen LogP contribution in [0, 0.1) is 0 Å². The monoisotopic (exact) mass is 333 g/mol. The molecule has 3 rings (SSSR count). The lowest BCUT2D eigenvalue weighted by Crippen LogP contribution is -2.13. The van der Waals surface area contributed by atoms with Crippen LogP contribution in [0.4, 0.5) is 19.1 Å². The summed E-state index contributed by atoms with van der Waals surface area (Å²) in [7, 11) is 0. The number of hydrogen-bond donors (Lipinski definition) is 1. The number of nitrogens with one attached hydrogen (secondary N) is 1. The quantitative estimate of drug-likeness (QED) is 0.778. The number of benzene rings is 1. The van der Waals surface area contributed by atoms with Gasteiger partial charge in [0.1, 0.15) is 11.5 Å². The molecule has 0 aliphatic rings. The van der Waals surface area contributed by atoms with E-state index in [0.29, 0.717) is 12.4 Å². The van der Waals surface area contributed by atoms with Crippen molar-refractivity contribution in [2.24, 2.45) is 0 Å². The van der Waals surface area contributed by atoms with E-state index >= 15 is 0 Å². The molecule has 0 spiro atoms. The van der Waals surface area contributed by atoms with Crippen LogP contribution in [0.25, 0.3) is 0 Å². The van der Waals surface area contributed by atoms with Crippen LogP contribution in [-0.4, -0.2) is 19.5 Å². The number of nitrogens with zero attached hydrogens (tertiary/aromatic N) is 4. The minimum absolute atomic E-state index is 0.0842. The Kier molecular flexibility index (Phi) is 4.45. The molecule has 8 heteroatoms. The SMILES string of the molecule is FC(F)(F)c1ccnc(NCc2nccn2Cc2ccccc2)n1. The van der Waals surface area contributed by atoms with Gasteiger partial charge >= 0.3 is 6.18 Å². The smallest absolute Gasteiger partial charge is 0.347 e. The second-order valence-electron chi connectivity index (χ2n) is 5.07. The second-order valence-corrected chi connectivity index (χ2v) is 5.07. The van der Waals surface area contributed by atoms with Crippen LogP contribution in [-0.2, 0) is 19.3 Å². The minimum atomic E-state index is -4.49. The number of halogens is 3. The Bertz CT molecular complexity index is 799. The highest BCUT2D eigenvalue weighted by molar-refractivity contribution is 5.26. The molecule has 0 atom stereocenters. The Labute approximate surface area is 136 Å². The fourth-order valence-electron chi connectivity index (χ4n) is 2.19. The predicted molar refractivity (Wildman–Crippen MR) is 82.1 cm³/mol. The summed E-state index contributed by atoms with van der Waals surface area (Å²) in [5.41, 5.74) is 0.125. The number of imidazole rings is 1. The topological polar surface area (TPSA) is 55.6 Å². The van der Waals surface area contributed by atoms with Gasteiger partial charge < -0.3 is 9.88 Å². The van der Waals surface area contributed by atoms with Crippen molar-refractivity contribution in [2.45, 2.75) is 19.3 Å². The largest absolute Gasteiger partial charge is 0.433 e. The molecule has 0 aliphatic heterocycles. The van der Waals surface area contributed by atoms with E-state index in [1.807, 2.05) is 41.1 Å². The Hall–Kier alpha value is -2.90. The van der Waals surface area contributed by atoms with Gasteiger partial charge in [-0.2, -0.15) is 13.2 Å². The summed E-state index contributed by atoms with van der Waals surface area (Å²) in [6.07, 6.45) is 0.0453. The standard InChI is InChI=1S/C16H14F3N5/c17-16(18,19)13-6-7-21-15(23-13)22-10-14-20-8-9-24(14)11-12-4-2-1-3-5-12/h1-9H,10-11H2,(H,21,22,23). The molecule has 0 fully saturated rings. The first kappa shape index (κ1) is 16.0. The summed E-state index contributed by atoms with van der Waals surface area (Å²) in [6, 6.07) is 10.6. The first-order chi connectivity index (χ1) is 11.5. The molecule has 0 aliphatic carbocycles. The lowest BCUT2D eigenvalue weighted by molar-refractivity contribution is -0.141. The van der Waals surface area contributed by atoms with Crippen molar-refractivity contribution in [3.8, 4) is 0 Å². The van der Waals surface area contributed by atoms with Crippen molar-refractivity contribution in [1.82, 2.24) is 19.5 Å². The zero-order valence-electron chi connectivity index (χ0n) is 12.5. The molecule has 1 aromatic carbocycles. The Morgan fingerprint density at radius 2 is 1.79 bits per heavy atom. The van der Waals surface area contributed by atoms with E-state index in [0.717, 1.165) is 17.8 Å². The number of alkyl halides is 3. The van der Waals surface area contributed by atoms with Crippen molar-refractivity contribution in [3.05, 3.63) is 72.1 Å². The van der Waals surface area contributed by atoms with E-state index in [4.69, 9.17) is 0 Å². The van der Waals surface area contributed by atoms with Crippen LogP contribution in [0.1, 0.15) is 17.1 Å². The molecule has 0 amide bonds. The average molecular weight is 333 g/mol. The highest BCUT2D eigenvalue weighted by atomic mass is 19.4. The number of anilines is 1. The second kappa shape index (κ2) is 6.69. The van der Waals surface area contributed by atoms with Crippen molar-refractivity contribution in [1.29, 1.82) is 0 Å². The fourth-order valence-corrected chi connectivity index (χ4v) is 2.19. The molecule has 24 heavy (non-hydrogen) atoms. The molecule has 0 unspecified atom stereocenters. The molecule has 3 aromatic rings. The third-order valence-corrected chi connectivity index (χ3v) is 3.35. The predicted octanol–water partition coefficient (Wildman–Crippen LogP) is 3.35. The highest BCUT2D eigenvalue weighted by Crippen LogP contribution is 2.27. The summed E-state index contributed by atoms with van der Waals surface area (Å²) < 4.78 is 39.9. The van der Waals surface area contributed by atoms with E-state index in [-0.39, 0.29) is 12.5 Å². The molecule has 5 nitrogen and oxygen atoms in total. The van der Waals surface area contributed by atoms with Gasteiger partial charge in [-0.15, -0.1) is 0 Å². The lowest BCUT2D eigenvalue weighted by Gasteiger charge is -2.10. The van der Waals surface area contributed by atoms with Crippen molar-refractivity contribution >= 4 is 5.95 Å². The fraction of sp³-hybridized carbons (Fsp3) is 0.188. The van der Waals surface area contributed by atoms with Gasteiger partial charge in [-0.1, -0.05) is 30.3 Å². The first-order valence-corrected chi connectivity index (χ1v) is 7.20.